The molecule has 2 heterocycles. The molecule has 2 aliphatic heterocycles. The lowest BCUT2D eigenvalue weighted by atomic mass is 10.1. The van der Waals surface area contributed by atoms with Crippen molar-refractivity contribution in [1.29, 1.82) is 0 Å². The third-order valence-electron chi connectivity index (χ3n) is 5.08. The average molecular weight is 374 g/mol. The number of rotatable bonds is 5. The highest BCUT2D eigenvalue weighted by molar-refractivity contribution is 5.97. The van der Waals surface area contributed by atoms with Gasteiger partial charge in [0.1, 0.15) is 0 Å². The van der Waals surface area contributed by atoms with E-state index in [-0.39, 0.29) is 17.4 Å². The molecule has 2 N–H and O–H groups in total. The fraction of sp³-hybridized carbons (Fsp3) is 0.526. The molecule has 2 saturated heterocycles. The molecule has 0 atom stereocenters. The lowest BCUT2D eigenvalue weighted by molar-refractivity contribution is -0.131. The first-order chi connectivity index (χ1) is 12.9. The summed E-state index contributed by atoms with van der Waals surface area (Å²) in [5.74, 6) is -1.08. The fourth-order valence-corrected chi connectivity index (χ4v) is 3.67. The van der Waals surface area contributed by atoms with Crippen molar-refractivity contribution in [3.05, 3.63) is 23.8 Å². The fourth-order valence-electron chi connectivity index (χ4n) is 3.67. The zero-order valence-corrected chi connectivity index (χ0v) is 15.6. The highest BCUT2D eigenvalue weighted by atomic mass is 16.4. The van der Waals surface area contributed by atoms with E-state index in [0.29, 0.717) is 44.1 Å². The standard InChI is InChI=1S/C19H26N4O4/c1-14(24)20-15-4-5-17(16(12-15)19(26)27)22-10-8-21(9-11-22)13-18(25)23-6-2-3-7-23/h4-5,12H,2-3,6-11,13H2,1H3,(H,20,24)(H,26,27). The van der Waals surface area contributed by atoms with Crippen LogP contribution in [0, 0.1) is 0 Å². The van der Waals surface area contributed by atoms with Gasteiger partial charge >= 0.3 is 5.97 Å². The van der Waals surface area contributed by atoms with Crippen molar-refractivity contribution in [3.8, 4) is 0 Å². The van der Waals surface area contributed by atoms with Crippen molar-refractivity contribution in [1.82, 2.24) is 9.80 Å². The van der Waals surface area contributed by atoms with Gasteiger partial charge in [-0.3, -0.25) is 14.5 Å². The number of amides is 2. The number of carbonyl (C=O) groups excluding carboxylic acids is 2. The number of aromatic carboxylic acids is 1. The summed E-state index contributed by atoms with van der Waals surface area (Å²) in [6, 6.07) is 4.94. The number of likely N-dealkylation sites (tertiary alicyclic amines) is 1. The first-order valence-electron chi connectivity index (χ1n) is 9.34. The number of nitrogens with zero attached hydrogens (tertiary/aromatic N) is 3. The van der Waals surface area contributed by atoms with Gasteiger partial charge in [-0.15, -0.1) is 0 Å². The lowest BCUT2D eigenvalue weighted by Crippen LogP contribution is -2.50. The number of nitrogens with one attached hydrogen (secondary N) is 1. The van der Waals surface area contributed by atoms with Crippen LogP contribution in [0.5, 0.6) is 0 Å². The van der Waals surface area contributed by atoms with Gasteiger partial charge in [0, 0.05) is 51.9 Å². The number of hydrogen-bond acceptors (Lipinski definition) is 5. The Kier molecular flexibility index (Phi) is 5.95. The first-order valence-corrected chi connectivity index (χ1v) is 9.34. The molecule has 0 bridgehead atoms. The Morgan fingerprint density at radius 3 is 2.30 bits per heavy atom. The molecule has 0 aromatic heterocycles. The van der Waals surface area contributed by atoms with Gasteiger partial charge in [0.05, 0.1) is 17.8 Å². The highest BCUT2D eigenvalue weighted by Crippen LogP contribution is 2.26. The Hall–Kier alpha value is -2.61. The summed E-state index contributed by atoms with van der Waals surface area (Å²) in [6.45, 7) is 6.29. The second kappa shape index (κ2) is 8.39. The molecule has 1 aromatic carbocycles. The maximum atomic E-state index is 12.3. The van der Waals surface area contributed by atoms with E-state index in [2.05, 4.69) is 10.2 Å². The Labute approximate surface area is 158 Å². The van der Waals surface area contributed by atoms with E-state index in [1.807, 2.05) is 9.80 Å². The summed E-state index contributed by atoms with van der Waals surface area (Å²) in [6.07, 6.45) is 2.18. The van der Waals surface area contributed by atoms with E-state index in [9.17, 15) is 19.5 Å². The van der Waals surface area contributed by atoms with Crippen LogP contribution >= 0.6 is 0 Å². The SMILES string of the molecule is CC(=O)Nc1ccc(N2CCN(CC(=O)N3CCCC3)CC2)c(C(=O)O)c1. The third kappa shape index (κ3) is 4.77. The van der Waals surface area contributed by atoms with Crippen molar-refractivity contribution in [2.75, 3.05) is 56.0 Å². The second-order valence-electron chi connectivity index (χ2n) is 7.07. The molecule has 1 aromatic rings. The monoisotopic (exact) mass is 374 g/mol. The Bertz CT molecular complexity index is 722. The molecule has 2 aliphatic rings. The van der Waals surface area contributed by atoms with E-state index in [1.165, 1.54) is 13.0 Å². The summed E-state index contributed by atoms with van der Waals surface area (Å²) in [4.78, 5) is 41.2. The summed E-state index contributed by atoms with van der Waals surface area (Å²) in [7, 11) is 0. The summed E-state index contributed by atoms with van der Waals surface area (Å²) in [5.41, 5.74) is 1.28. The van der Waals surface area contributed by atoms with Crippen LogP contribution in [0.25, 0.3) is 0 Å². The van der Waals surface area contributed by atoms with Crippen molar-refractivity contribution < 1.29 is 19.5 Å². The van der Waals surface area contributed by atoms with Crippen molar-refractivity contribution in [3.63, 3.8) is 0 Å². The largest absolute Gasteiger partial charge is 0.478 e. The van der Waals surface area contributed by atoms with Gasteiger partial charge in [-0.25, -0.2) is 4.79 Å². The van der Waals surface area contributed by atoms with Crippen LogP contribution in [0.2, 0.25) is 0 Å². The minimum Gasteiger partial charge on any atom is -0.478 e. The van der Waals surface area contributed by atoms with Crippen LogP contribution in [-0.4, -0.2) is 78.5 Å². The lowest BCUT2D eigenvalue weighted by Gasteiger charge is -2.36. The number of anilines is 2. The Morgan fingerprint density at radius 1 is 1.04 bits per heavy atom. The minimum absolute atomic E-state index is 0.169. The van der Waals surface area contributed by atoms with Crippen LogP contribution in [-0.2, 0) is 9.59 Å². The van der Waals surface area contributed by atoms with Gasteiger partial charge < -0.3 is 20.2 Å². The zero-order chi connectivity index (χ0) is 19.4. The number of hydrogen-bond donors (Lipinski definition) is 2. The van der Waals surface area contributed by atoms with E-state index >= 15 is 0 Å². The predicted molar refractivity (Wildman–Crippen MR) is 102 cm³/mol. The van der Waals surface area contributed by atoms with Gasteiger partial charge in [-0.2, -0.15) is 0 Å². The summed E-state index contributed by atoms with van der Waals surface area (Å²) in [5, 5.41) is 12.2. The van der Waals surface area contributed by atoms with Crippen LogP contribution in [0.1, 0.15) is 30.1 Å². The van der Waals surface area contributed by atoms with Crippen molar-refractivity contribution in [2.45, 2.75) is 19.8 Å². The van der Waals surface area contributed by atoms with E-state index in [1.54, 1.807) is 12.1 Å². The zero-order valence-electron chi connectivity index (χ0n) is 15.6. The molecule has 2 fully saturated rings. The number of carboxylic acid groups (broad SMARTS) is 1. The smallest absolute Gasteiger partial charge is 0.337 e. The average Bonchev–Trinajstić information content (AvgIpc) is 3.17. The van der Waals surface area contributed by atoms with Gasteiger partial charge in [-0.1, -0.05) is 0 Å². The molecule has 0 saturated carbocycles. The number of carboxylic acids is 1. The molecule has 0 aliphatic carbocycles. The van der Waals surface area contributed by atoms with Crippen molar-refractivity contribution in [2.24, 2.45) is 0 Å². The molecule has 3 rings (SSSR count). The predicted octanol–water partition coefficient (Wildman–Crippen LogP) is 1.09. The first kappa shape index (κ1) is 19.2. The molecule has 2 amide bonds. The van der Waals surface area contributed by atoms with Crippen LogP contribution in [0.15, 0.2) is 18.2 Å². The molecular weight excluding hydrogens is 348 g/mol. The third-order valence-corrected chi connectivity index (χ3v) is 5.08. The molecule has 0 radical (unpaired) electrons. The number of benzene rings is 1. The summed E-state index contributed by atoms with van der Waals surface area (Å²) < 4.78 is 0. The van der Waals surface area contributed by atoms with Gasteiger partial charge in [0.15, 0.2) is 0 Å². The summed E-state index contributed by atoms with van der Waals surface area (Å²) >= 11 is 0. The van der Waals surface area contributed by atoms with E-state index < -0.39 is 5.97 Å². The van der Waals surface area contributed by atoms with Gasteiger partial charge in [-0.05, 0) is 31.0 Å². The molecule has 146 valence electrons. The van der Waals surface area contributed by atoms with E-state index in [0.717, 1.165) is 25.9 Å². The number of piperazine rings is 1. The molecular formula is C19H26N4O4. The van der Waals surface area contributed by atoms with E-state index in [4.69, 9.17) is 0 Å². The minimum atomic E-state index is -1.02. The molecule has 0 unspecified atom stereocenters. The van der Waals surface area contributed by atoms with Crippen LogP contribution < -0.4 is 10.2 Å². The maximum Gasteiger partial charge on any atom is 0.337 e. The molecule has 8 heteroatoms. The Balaban J connectivity index is 1.62. The normalized spacial score (nSPS) is 17.8. The second-order valence-corrected chi connectivity index (χ2v) is 7.07. The van der Waals surface area contributed by atoms with Gasteiger partial charge in [0.2, 0.25) is 11.8 Å². The molecule has 8 nitrogen and oxygen atoms in total. The highest BCUT2D eigenvalue weighted by Gasteiger charge is 2.25. The topological polar surface area (TPSA) is 93.2 Å². The quantitative estimate of drug-likeness (QED) is 0.801. The molecule has 0 spiro atoms. The van der Waals surface area contributed by atoms with Crippen LogP contribution in [0.4, 0.5) is 11.4 Å². The Morgan fingerprint density at radius 2 is 1.70 bits per heavy atom. The van der Waals surface area contributed by atoms with Crippen molar-refractivity contribution >= 4 is 29.2 Å². The van der Waals surface area contributed by atoms with Crippen LogP contribution in [0.3, 0.4) is 0 Å². The maximum absolute atomic E-state index is 12.3. The molecule has 27 heavy (non-hydrogen) atoms. The number of carbonyl (C=O) groups is 3. The van der Waals surface area contributed by atoms with Gasteiger partial charge in [0.25, 0.3) is 0 Å².